The van der Waals surface area contributed by atoms with Gasteiger partial charge in [0.2, 0.25) is 5.91 Å². The van der Waals surface area contributed by atoms with Crippen LogP contribution < -0.4 is 5.32 Å². The highest BCUT2D eigenvalue weighted by molar-refractivity contribution is 5.76. The highest BCUT2D eigenvalue weighted by Crippen LogP contribution is 2.23. The standard InChI is InChI=1S/C69H129NO10/c1-3-5-7-9-11-13-15-32-36-39-43-47-51-55-62(72)61(60-79-69-68(77)67(76)66(75)63(59-71)80-69)70-64(73)56-52-48-44-40-37-33-30-28-26-24-22-20-18-16-17-19-21-23-25-27-29-31-34-38-42-46-50-54-58-78-65(74)57-53-49-45-41-35-14-12-10-8-6-4-2/h10,12,16-17,51,55,61-63,66-69,71-72,75-77H,3-9,11,13-15,18-50,52-54,56-60H2,1-2H3,(H,70,73)/b12-10-,17-16-,55-51+. The summed E-state index contributed by atoms with van der Waals surface area (Å²) >= 11 is 0. The summed E-state index contributed by atoms with van der Waals surface area (Å²) in [5.41, 5.74) is 0. The molecule has 1 aliphatic heterocycles. The summed E-state index contributed by atoms with van der Waals surface area (Å²) in [4.78, 5) is 25.1. The Labute approximate surface area is 492 Å². The number of hydrogen-bond donors (Lipinski definition) is 6. The molecule has 0 aromatic rings. The van der Waals surface area contributed by atoms with Gasteiger partial charge < -0.3 is 45.1 Å². The second-order valence-corrected chi connectivity index (χ2v) is 23.9. The lowest BCUT2D eigenvalue weighted by molar-refractivity contribution is -0.302. The maximum atomic E-state index is 13.1. The van der Waals surface area contributed by atoms with E-state index in [1.165, 1.54) is 244 Å². The molecule has 1 fully saturated rings. The van der Waals surface area contributed by atoms with Crippen LogP contribution in [0.3, 0.4) is 0 Å². The number of hydrogen-bond acceptors (Lipinski definition) is 10. The van der Waals surface area contributed by atoms with Gasteiger partial charge in [-0.15, -0.1) is 0 Å². The number of allylic oxidation sites excluding steroid dienone is 5. The number of unbranched alkanes of at least 4 members (excludes halogenated alkanes) is 42. The van der Waals surface area contributed by atoms with Crippen LogP contribution in [-0.2, 0) is 23.8 Å². The molecule has 1 amide bonds. The molecule has 0 bridgehead atoms. The minimum atomic E-state index is -1.57. The van der Waals surface area contributed by atoms with Crippen molar-refractivity contribution in [1.29, 1.82) is 0 Å². The van der Waals surface area contributed by atoms with Crippen LogP contribution in [0.5, 0.6) is 0 Å². The van der Waals surface area contributed by atoms with Gasteiger partial charge in [-0.05, 0) is 77.0 Å². The van der Waals surface area contributed by atoms with E-state index in [9.17, 15) is 35.1 Å². The Kier molecular flexibility index (Phi) is 55.6. The maximum Gasteiger partial charge on any atom is 0.305 e. The van der Waals surface area contributed by atoms with Gasteiger partial charge in [0.1, 0.15) is 24.4 Å². The van der Waals surface area contributed by atoms with E-state index in [1.807, 2.05) is 6.08 Å². The largest absolute Gasteiger partial charge is 0.466 e. The first-order chi connectivity index (χ1) is 39.2. The molecule has 0 aromatic heterocycles. The van der Waals surface area contributed by atoms with E-state index < -0.39 is 49.5 Å². The Balaban J connectivity index is 2.00. The van der Waals surface area contributed by atoms with Gasteiger partial charge in [0.05, 0.1) is 32.0 Å². The number of carbonyl (C=O) groups excluding carboxylic acids is 2. The molecule has 80 heavy (non-hydrogen) atoms. The van der Waals surface area contributed by atoms with Gasteiger partial charge in [0, 0.05) is 12.8 Å². The lowest BCUT2D eigenvalue weighted by atomic mass is 9.99. The van der Waals surface area contributed by atoms with Crippen molar-refractivity contribution in [2.24, 2.45) is 0 Å². The van der Waals surface area contributed by atoms with Gasteiger partial charge >= 0.3 is 5.97 Å². The Morgan fingerprint density at radius 2 is 0.812 bits per heavy atom. The van der Waals surface area contributed by atoms with Crippen molar-refractivity contribution in [1.82, 2.24) is 5.32 Å². The molecule has 11 heteroatoms. The number of amides is 1. The lowest BCUT2D eigenvalue weighted by Crippen LogP contribution is -2.60. The minimum absolute atomic E-state index is 0.00430. The summed E-state index contributed by atoms with van der Waals surface area (Å²) in [7, 11) is 0. The summed E-state index contributed by atoms with van der Waals surface area (Å²) < 4.78 is 16.7. The number of nitrogens with one attached hydrogen (secondary N) is 1. The molecule has 7 atom stereocenters. The number of ether oxygens (including phenoxy) is 3. The Morgan fingerprint density at radius 1 is 0.450 bits per heavy atom. The number of esters is 1. The average molecular weight is 1130 g/mol. The monoisotopic (exact) mass is 1130 g/mol. The molecule has 0 saturated carbocycles. The quantitative estimate of drug-likeness (QED) is 0.0195. The molecule has 11 nitrogen and oxygen atoms in total. The third-order valence-electron chi connectivity index (χ3n) is 16.2. The van der Waals surface area contributed by atoms with Crippen LogP contribution in [0.1, 0.15) is 328 Å². The zero-order valence-corrected chi connectivity index (χ0v) is 52.1. The Morgan fingerprint density at radius 3 is 1.24 bits per heavy atom. The van der Waals surface area contributed by atoms with E-state index in [0.717, 1.165) is 57.8 Å². The molecule has 0 spiro atoms. The number of carbonyl (C=O) groups is 2. The van der Waals surface area contributed by atoms with Crippen LogP contribution in [0.15, 0.2) is 36.5 Å². The maximum absolute atomic E-state index is 13.1. The van der Waals surface area contributed by atoms with Crippen molar-refractivity contribution >= 4 is 11.9 Å². The van der Waals surface area contributed by atoms with Crippen molar-refractivity contribution in [3.8, 4) is 0 Å². The number of aliphatic hydroxyl groups is 5. The number of rotatable bonds is 60. The van der Waals surface area contributed by atoms with E-state index in [0.29, 0.717) is 19.4 Å². The van der Waals surface area contributed by atoms with Crippen molar-refractivity contribution in [2.45, 2.75) is 371 Å². The Hall–Kier alpha value is -2.12. The zero-order chi connectivity index (χ0) is 58.0. The third-order valence-corrected chi connectivity index (χ3v) is 16.2. The first-order valence-corrected chi connectivity index (χ1v) is 34.3. The minimum Gasteiger partial charge on any atom is -0.466 e. The molecular weight excluding hydrogens is 1000 g/mol. The fraction of sp³-hybridized carbons (Fsp3) is 0.884. The molecular formula is C69H129NO10. The fourth-order valence-electron chi connectivity index (χ4n) is 10.8. The highest BCUT2D eigenvalue weighted by atomic mass is 16.7. The van der Waals surface area contributed by atoms with Crippen molar-refractivity contribution in [2.75, 3.05) is 19.8 Å². The van der Waals surface area contributed by atoms with Gasteiger partial charge in [0.25, 0.3) is 0 Å². The van der Waals surface area contributed by atoms with Gasteiger partial charge in [-0.1, -0.05) is 275 Å². The van der Waals surface area contributed by atoms with E-state index >= 15 is 0 Å². The van der Waals surface area contributed by atoms with Gasteiger partial charge in [-0.25, -0.2) is 0 Å². The molecule has 0 radical (unpaired) electrons. The second kappa shape index (κ2) is 58.6. The van der Waals surface area contributed by atoms with Crippen LogP contribution in [0, 0.1) is 0 Å². The van der Waals surface area contributed by atoms with Crippen molar-refractivity contribution in [3.63, 3.8) is 0 Å². The molecule has 1 saturated heterocycles. The molecule has 470 valence electrons. The Bertz CT molecular complexity index is 1420. The van der Waals surface area contributed by atoms with E-state index in [1.54, 1.807) is 6.08 Å². The highest BCUT2D eigenvalue weighted by Gasteiger charge is 2.44. The van der Waals surface area contributed by atoms with Gasteiger partial charge in [-0.2, -0.15) is 0 Å². The number of aliphatic hydroxyl groups excluding tert-OH is 5. The second-order valence-electron chi connectivity index (χ2n) is 23.9. The van der Waals surface area contributed by atoms with Gasteiger partial charge in [0.15, 0.2) is 6.29 Å². The summed E-state index contributed by atoms with van der Waals surface area (Å²) in [6.07, 6.45) is 64.0. The summed E-state index contributed by atoms with van der Waals surface area (Å²) in [5, 5.41) is 54.5. The molecule has 6 N–H and O–H groups in total. The third kappa shape index (κ3) is 47.3. The SMILES string of the molecule is CCCC/C=C\CCCCCCCC(=O)OCCCCCCCCCCCCCC/C=C\CCCCCCCCCCCCCCC(=O)NC(COC1OC(CO)C(O)C(O)C1O)C(O)/C=C/CCCCCCCCCCCCC. The molecule has 1 rings (SSSR count). The van der Waals surface area contributed by atoms with E-state index in [4.69, 9.17) is 14.2 Å². The van der Waals surface area contributed by atoms with Crippen LogP contribution >= 0.6 is 0 Å². The first-order valence-electron chi connectivity index (χ1n) is 34.3. The summed E-state index contributed by atoms with van der Waals surface area (Å²) in [6, 6.07) is -0.810. The summed E-state index contributed by atoms with van der Waals surface area (Å²) in [5.74, 6) is -0.185. The van der Waals surface area contributed by atoms with Gasteiger partial charge in [-0.3, -0.25) is 9.59 Å². The molecule has 7 unspecified atom stereocenters. The van der Waals surface area contributed by atoms with E-state index in [2.05, 4.69) is 43.5 Å². The molecule has 1 aliphatic rings. The van der Waals surface area contributed by atoms with E-state index in [-0.39, 0.29) is 18.5 Å². The van der Waals surface area contributed by atoms with Crippen LogP contribution in [0.4, 0.5) is 0 Å². The van der Waals surface area contributed by atoms with Crippen molar-refractivity contribution in [3.05, 3.63) is 36.5 Å². The smallest absolute Gasteiger partial charge is 0.305 e. The zero-order valence-electron chi connectivity index (χ0n) is 52.1. The lowest BCUT2D eigenvalue weighted by Gasteiger charge is -2.40. The predicted octanol–water partition coefficient (Wildman–Crippen LogP) is 17.0. The van der Waals surface area contributed by atoms with Crippen molar-refractivity contribution < 1.29 is 49.3 Å². The summed E-state index contributed by atoms with van der Waals surface area (Å²) in [6.45, 7) is 4.33. The fourth-order valence-corrected chi connectivity index (χ4v) is 10.8. The van der Waals surface area contributed by atoms with Crippen LogP contribution in [0.25, 0.3) is 0 Å². The topological polar surface area (TPSA) is 175 Å². The normalized spacial score (nSPS) is 18.5. The average Bonchev–Trinajstić information content (AvgIpc) is 3.46. The molecule has 0 aliphatic carbocycles. The van der Waals surface area contributed by atoms with Crippen LogP contribution in [0.2, 0.25) is 0 Å². The molecule has 1 heterocycles. The van der Waals surface area contributed by atoms with Crippen LogP contribution in [-0.4, -0.2) is 100 Å². The molecule has 0 aromatic carbocycles. The predicted molar refractivity (Wildman–Crippen MR) is 334 cm³/mol. The first kappa shape index (κ1) is 75.9.